The topological polar surface area (TPSA) is 43.4 Å². The molecule has 0 aromatic rings. The number of ether oxygens (including phenoxy) is 1. The van der Waals surface area contributed by atoms with Gasteiger partial charge >= 0.3 is 5.97 Å². The van der Waals surface area contributed by atoms with Crippen molar-refractivity contribution in [2.45, 2.75) is 26.7 Å². The highest BCUT2D eigenvalue weighted by molar-refractivity contribution is 5.79. The maximum absolute atomic E-state index is 11.1. The molecule has 12 heavy (non-hydrogen) atoms. The van der Waals surface area contributed by atoms with Gasteiger partial charge in [0, 0.05) is 12.3 Å². The van der Waals surface area contributed by atoms with Gasteiger partial charge in [0.1, 0.15) is 5.78 Å². The second-order valence-corrected chi connectivity index (χ2v) is 3.31. The molecule has 0 N–H and O–H groups in total. The molecule has 1 rings (SSSR count). The fourth-order valence-electron chi connectivity index (χ4n) is 1.68. The van der Waals surface area contributed by atoms with Gasteiger partial charge in [0.2, 0.25) is 0 Å². The van der Waals surface area contributed by atoms with Crippen LogP contribution in [0.25, 0.3) is 0 Å². The first-order valence-corrected chi connectivity index (χ1v) is 4.31. The lowest BCUT2D eigenvalue weighted by atomic mass is 9.89. The SMILES string of the molecule is CC[C@@H]1C(=O)OC[C@@H]1CC(C)=O. The van der Waals surface area contributed by atoms with E-state index in [2.05, 4.69) is 0 Å². The number of carbonyl (C=O) groups is 2. The van der Waals surface area contributed by atoms with Crippen molar-refractivity contribution in [2.24, 2.45) is 11.8 Å². The van der Waals surface area contributed by atoms with E-state index in [0.29, 0.717) is 13.0 Å². The van der Waals surface area contributed by atoms with Crippen LogP contribution >= 0.6 is 0 Å². The molecule has 0 radical (unpaired) electrons. The Hall–Kier alpha value is -0.860. The number of hydrogen-bond donors (Lipinski definition) is 0. The summed E-state index contributed by atoms with van der Waals surface area (Å²) < 4.78 is 4.88. The lowest BCUT2D eigenvalue weighted by Gasteiger charge is -2.09. The van der Waals surface area contributed by atoms with E-state index < -0.39 is 0 Å². The summed E-state index contributed by atoms with van der Waals surface area (Å²) in [6, 6.07) is 0. The molecule has 1 aliphatic heterocycles. The number of rotatable bonds is 3. The Bertz CT molecular complexity index is 198. The van der Waals surface area contributed by atoms with Gasteiger partial charge in [-0.3, -0.25) is 4.79 Å². The number of cyclic esters (lactones) is 1. The summed E-state index contributed by atoms with van der Waals surface area (Å²) >= 11 is 0. The third-order valence-corrected chi connectivity index (χ3v) is 2.30. The molecule has 68 valence electrons. The summed E-state index contributed by atoms with van der Waals surface area (Å²) in [5.74, 6) is 0.0781. The summed E-state index contributed by atoms with van der Waals surface area (Å²) in [4.78, 5) is 21.9. The largest absolute Gasteiger partial charge is 0.465 e. The molecule has 3 heteroatoms. The second-order valence-electron chi connectivity index (χ2n) is 3.31. The predicted molar refractivity (Wildman–Crippen MR) is 43.5 cm³/mol. The van der Waals surface area contributed by atoms with Crippen molar-refractivity contribution in [1.82, 2.24) is 0 Å². The van der Waals surface area contributed by atoms with Crippen LogP contribution in [0.3, 0.4) is 0 Å². The van der Waals surface area contributed by atoms with E-state index in [0.717, 1.165) is 6.42 Å². The van der Waals surface area contributed by atoms with Gasteiger partial charge in [0.05, 0.1) is 12.5 Å². The highest BCUT2D eigenvalue weighted by atomic mass is 16.5. The molecule has 2 atom stereocenters. The standard InChI is InChI=1S/C9H14O3/c1-3-8-7(4-6(2)10)5-12-9(8)11/h7-8H,3-5H2,1-2H3/t7-,8-/m0/s1. The zero-order chi connectivity index (χ0) is 9.14. The van der Waals surface area contributed by atoms with E-state index in [1.807, 2.05) is 6.92 Å². The summed E-state index contributed by atoms with van der Waals surface area (Å²) in [6.07, 6.45) is 1.25. The zero-order valence-corrected chi connectivity index (χ0v) is 7.50. The second kappa shape index (κ2) is 3.70. The van der Waals surface area contributed by atoms with Crippen molar-refractivity contribution in [3.8, 4) is 0 Å². The fraction of sp³-hybridized carbons (Fsp3) is 0.778. The minimum Gasteiger partial charge on any atom is -0.465 e. The van der Waals surface area contributed by atoms with Gasteiger partial charge in [0.25, 0.3) is 0 Å². The molecule has 1 aliphatic rings. The molecule has 3 nitrogen and oxygen atoms in total. The van der Waals surface area contributed by atoms with Crippen LogP contribution in [0.2, 0.25) is 0 Å². The Morgan fingerprint density at radius 3 is 2.83 bits per heavy atom. The number of hydrogen-bond acceptors (Lipinski definition) is 3. The molecule has 0 spiro atoms. The van der Waals surface area contributed by atoms with Gasteiger partial charge in [-0.15, -0.1) is 0 Å². The van der Waals surface area contributed by atoms with Crippen molar-refractivity contribution in [2.75, 3.05) is 6.61 Å². The van der Waals surface area contributed by atoms with E-state index in [1.165, 1.54) is 0 Å². The third-order valence-electron chi connectivity index (χ3n) is 2.30. The maximum Gasteiger partial charge on any atom is 0.309 e. The summed E-state index contributed by atoms with van der Waals surface area (Å²) in [5.41, 5.74) is 0. The first-order chi connectivity index (χ1) is 5.65. The minimum absolute atomic E-state index is 0.0473. The predicted octanol–water partition coefficient (Wildman–Crippen LogP) is 1.16. The van der Waals surface area contributed by atoms with Crippen LogP contribution in [0.1, 0.15) is 26.7 Å². The van der Waals surface area contributed by atoms with Crippen molar-refractivity contribution in [3.63, 3.8) is 0 Å². The number of ketones is 1. The molecule has 0 aromatic carbocycles. The molecule has 1 fully saturated rings. The monoisotopic (exact) mass is 170 g/mol. The molecule has 0 amide bonds. The van der Waals surface area contributed by atoms with Crippen molar-refractivity contribution < 1.29 is 14.3 Å². The molecule has 0 saturated carbocycles. The Balaban J connectivity index is 2.54. The first-order valence-electron chi connectivity index (χ1n) is 4.31. The van der Waals surface area contributed by atoms with Crippen molar-refractivity contribution in [3.05, 3.63) is 0 Å². The van der Waals surface area contributed by atoms with Crippen molar-refractivity contribution in [1.29, 1.82) is 0 Å². The van der Waals surface area contributed by atoms with Gasteiger partial charge in [-0.25, -0.2) is 0 Å². The zero-order valence-electron chi connectivity index (χ0n) is 7.50. The Morgan fingerprint density at radius 2 is 2.33 bits per heavy atom. The number of carbonyl (C=O) groups excluding carboxylic acids is 2. The average Bonchev–Trinajstić information content (AvgIpc) is 2.30. The molecule has 1 heterocycles. The smallest absolute Gasteiger partial charge is 0.309 e. The third kappa shape index (κ3) is 1.84. The molecular formula is C9H14O3. The van der Waals surface area contributed by atoms with Crippen LogP contribution in [0, 0.1) is 11.8 Å². The molecule has 0 unspecified atom stereocenters. The summed E-state index contributed by atoms with van der Waals surface area (Å²) in [6.45, 7) is 3.93. The number of esters is 1. The van der Waals surface area contributed by atoms with E-state index in [4.69, 9.17) is 4.74 Å². The Kier molecular flexibility index (Phi) is 2.84. The van der Waals surface area contributed by atoms with E-state index in [1.54, 1.807) is 6.92 Å². The van der Waals surface area contributed by atoms with Crippen LogP contribution in [0.4, 0.5) is 0 Å². The first kappa shape index (κ1) is 9.23. The van der Waals surface area contributed by atoms with Crippen LogP contribution in [0.5, 0.6) is 0 Å². The molecule has 0 bridgehead atoms. The van der Waals surface area contributed by atoms with E-state index >= 15 is 0 Å². The van der Waals surface area contributed by atoms with Gasteiger partial charge in [-0.2, -0.15) is 0 Å². The van der Waals surface area contributed by atoms with Crippen molar-refractivity contribution >= 4 is 11.8 Å². The molecular weight excluding hydrogens is 156 g/mol. The van der Waals surface area contributed by atoms with Crippen LogP contribution in [0.15, 0.2) is 0 Å². The summed E-state index contributed by atoms with van der Waals surface area (Å²) in [7, 11) is 0. The molecule has 0 aromatic heterocycles. The quantitative estimate of drug-likeness (QED) is 0.597. The van der Waals surface area contributed by atoms with E-state index in [9.17, 15) is 9.59 Å². The van der Waals surface area contributed by atoms with Gasteiger partial charge < -0.3 is 9.53 Å². The van der Waals surface area contributed by atoms with Crippen LogP contribution in [-0.2, 0) is 14.3 Å². The Labute approximate surface area is 72.1 Å². The van der Waals surface area contributed by atoms with Crippen LogP contribution < -0.4 is 0 Å². The number of Topliss-reactive ketones (excluding diaryl/α,β-unsaturated/α-hetero) is 1. The highest BCUT2D eigenvalue weighted by Crippen LogP contribution is 2.27. The molecule has 0 aliphatic carbocycles. The molecule has 1 saturated heterocycles. The Morgan fingerprint density at radius 1 is 1.67 bits per heavy atom. The minimum atomic E-state index is -0.135. The maximum atomic E-state index is 11.1. The van der Waals surface area contributed by atoms with Gasteiger partial charge in [0.15, 0.2) is 0 Å². The van der Waals surface area contributed by atoms with Gasteiger partial charge in [-0.05, 0) is 13.3 Å². The average molecular weight is 170 g/mol. The highest BCUT2D eigenvalue weighted by Gasteiger charge is 2.35. The fourth-order valence-corrected chi connectivity index (χ4v) is 1.68. The summed E-state index contributed by atoms with van der Waals surface area (Å²) in [5, 5.41) is 0. The lowest BCUT2D eigenvalue weighted by molar-refractivity contribution is -0.141. The lowest BCUT2D eigenvalue weighted by Crippen LogP contribution is -2.17. The normalized spacial score (nSPS) is 28.7. The van der Waals surface area contributed by atoms with Gasteiger partial charge in [-0.1, -0.05) is 6.92 Å². The van der Waals surface area contributed by atoms with Crippen LogP contribution in [-0.4, -0.2) is 18.4 Å². The van der Waals surface area contributed by atoms with E-state index in [-0.39, 0.29) is 23.6 Å².